The highest BCUT2D eigenvalue weighted by atomic mass is 16.5. The Hall–Kier alpha value is -3.16. The number of rotatable bonds is 6. The van der Waals surface area contributed by atoms with Crippen LogP contribution in [-0.4, -0.2) is 73.4 Å². The van der Waals surface area contributed by atoms with Gasteiger partial charge in [-0.2, -0.15) is 0 Å². The topological polar surface area (TPSA) is 78.9 Å². The molecule has 0 unspecified atom stereocenters. The number of hydrogen-bond donors (Lipinski definition) is 0. The first-order valence-electron chi connectivity index (χ1n) is 9.47. The van der Waals surface area contributed by atoms with Crippen LogP contribution in [0, 0.1) is 0 Å². The molecule has 29 heavy (non-hydrogen) atoms. The maximum absolute atomic E-state index is 12.9. The maximum Gasteiger partial charge on any atom is 0.257 e. The number of benzene rings is 1. The van der Waals surface area contributed by atoms with E-state index in [-0.39, 0.29) is 24.3 Å². The number of carbonyl (C=O) groups excluding carboxylic acids is 2. The van der Waals surface area contributed by atoms with Crippen LogP contribution in [-0.2, 0) is 11.3 Å². The molecule has 0 spiro atoms. The van der Waals surface area contributed by atoms with Crippen molar-refractivity contribution in [3.05, 3.63) is 47.4 Å². The van der Waals surface area contributed by atoms with Gasteiger partial charge in [0.2, 0.25) is 5.91 Å². The van der Waals surface area contributed by atoms with E-state index in [1.807, 2.05) is 31.1 Å². The number of methoxy groups -OCH3 is 1. The summed E-state index contributed by atoms with van der Waals surface area (Å²) >= 11 is 0. The first-order valence-corrected chi connectivity index (χ1v) is 9.47. The fraction of sp³-hybridized carbons (Fsp3) is 0.429. The number of likely N-dealkylation sites (tertiary alicyclic amines) is 1. The van der Waals surface area contributed by atoms with E-state index in [0.717, 1.165) is 11.5 Å². The Labute approximate surface area is 171 Å². The summed E-state index contributed by atoms with van der Waals surface area (Å²) in [7, 11) is 8.88. The van der Waals surface area contributed by atoms with Gasteiger partial charge in [-0.05, 0) is 12.1 Å². The van der Waals surface area contributed by atoms with Crippen LogP contribution in [0.5, 0.6) is 5.75 Å². The predicted octanol–water partition coefficient (Wildman–Crippen LogP) is 1.77. The van der Waals surface area contributed by atoms with E-state index in [4.69, 9.17) is 4.74 Å². The molecule has 154 valence electrons. The Morgan fingerprint density at radius 1 is 1.24 bits per heavy atom. The SMILES string of the molecule is COc1ccccc1C(=O)N(C)Cc1nc([C@H]2CC(=O)N(C)C2)cc(N(C)C)n1. The van der Waals surface area contributed by atoms with Gasteiger partial charge in [-0.3, -0.25) is 9.59 Å². The monoisotopic (exact) mass is 397 g/mol. The molecule has 1 fully saturated rings. The van der Waals surface area contributed by atoms with Gasteiger partial charge < -0.3 is 19.4 Å². The fourth-order valence-corrected chi connectivity index (χ4v) is 3.38. The lowest BCUT2D eigenvalue weighted by Gasteiger charge is -2.21. The molecule has 1 aromatic heterocycles. The van der Waals surface area contributed by atoms with Crippen molar-refractivity contribution in [2.24, 2.45) is 0 Å². The number of ether oxygens (including phenoxy) is 1. The van der Waals surface area contributed by atoms with Gasteiger partial charge in [0.05, 0.1) is 24.9 Å². The lowest BCUT2D eigenvalue weighted by molar-refractivity contribution is -0.126. The molecule has 8 heteroatoms. The minimum Gasteiger partial charge on any atom is -0.496 e. The molecule has 2 aromatic rings. The van der Waals surface area contributed by atoms with Crippen molar-refractivity contribution in [1.29, 1.82) is 0 Å². The average Bonchev–Trinajstić information content (AvgIpc) is 3.05. The van der Waals surface area contributed by atoms with Crippen molar-refractivity contribution in [3.8, 4) is 5.75 Å². The van der Waals surface area contributed by atoms with Gasteiger partial charge in [0, 0.05) is 53.1 Å². The second-order valence-electron chi connectivity index (χ2n) is 7.50. The molecule has 1 saturated heterocycles. The van der Waals surface area contributed by atoms with Crippen LogP contribution in [0.1, 0.15) is 34.2 Å². The molecule has 3 rings (SSSR count). The predicted molar refractivity (Wildman–Crippen MR) is 110 cm³/mol. The molecule has 0 bridgehead atoms. The molecule has 1 aromatic carbocycles. The number of amides is 2. The van der Waals surface area contributed by atoms with Crippen molar-refractivity contribution in [2.45, 2.75) is 18.9 Å². The number of anilines is 1. The van der Waals surface area contributed by atoms with E-state index in [0.29, 0.717) is 30.1 Å². The van der Waals surface area contributed by atoms with Gasteiger partial charge in [-0.25, -0.2) is 9.97 Å². The van der Waals surface area contributed by atoms with Crippen LogP contribution in [0.2, 0.25) is 0 Å². The maximum atomic E-state index is 12.9. The normalized spacial score (nSPS) is 16.1. The van der Waals surface area contributed by atoms with Crippen molar-refractivity contribution in [3.63, 3.8) is 0 Å². The van der Waals surface area contributed by atoms with Crippen LogP contribution in [0.3, 0.4) is 0 Å². The van der Waals surface area contributed by atoms with Gasteiger partial charge >= 0.3 is 0 Å². The number of carbonyl (C=O) groups is 2. The molecule has 8 nitrogen and oxygen atoms in total. The van der Waals surface area contributed by atoms with E-state index < -0.39 is 0 Å². The quantitative estimate of drug-likeness (QED) is 0.739. The lowest BCUT2D eigenvalue weighted by atomic mass is 10.0. The average molecular weight is 397 g/mol. The highest BCUT2D eigenvalue weighted by Crippen LogP contribution is 2.28. The van der Waals surface area contributed by atoms with Crippen molar-refractivity contribution < 1.29 is 14.3 Å². The van der Waals surface area contributed by atoms with Crippen LogP contribution in [0.25, 0.3) is 0 Å². The summed E-state index contributed by atoms with van der Waals surface area (Å²) in [4.78, 5) is 39.3. The van der Waals surface area contributed by atoms with Crippen LogP contribution in [0.15, 0.2) is 30.3 Å². The summed E-state index contributed by atoms with van der Waals surface area (Å²) in [5.74, 6) is 1.80. The van der Waals surface area contributed by atoms with Crippen LogP contribution in [0.4, 0.5) is 5.82 Å². The number of aromatic nitrogens is 2. The minimum atomic E-state index is -0.168. The van der Waals surface area contributed by atoms with Gasteiger partial charge in [0.25, 0.3) is 5.91 Å². The molecule has 1 aliphatic heterocycles. The summed E-state index contributed by atoms with van der Waals surface area (Å²) in [5.41, 5.74) is 1.32. The van der Waals surface area contributed by atoms with Crippen molar-refractivity contribution in [1.82, 2.24) is 19.8 Å². The first-order chi connectivity index (χ1) is 13.8. The Kier molecular flexibility index (Phi) is 6.00. The molecular formula is C21H27N5O3. The smallest absolute Gasteiger partial charge is 0.257 e. The second-order valence-corrected chi connectivity index (χ2v) is 7.50. The van der Waals surface area contributed by atoms with Crippen LogP contribution < -0.4 is 9.64 Å². The van der Waals surface area contributed by atoms with E-state index >= 15 is 0 Å². The third-order valence-electron chi connectivity index (χ3n) is 5.06. The van der Waals surface area contributed by atoms with Crippen LogP contribution >= 0.6 is 0 Å². The van der Waals surface area contributed by atoms with Gasteiger partial charge in [-0.1, -0.05) is 12.1 Å². The zero-order valence-electron chi connectivity index (χ0n) is 17.5. The Morgan fingerprint density at radius 2 is 1.97 bits per heavy atom. The Morgan fingerprint density at radius 3 is 2.59 bits per heavy atom. The second kappa shape index (κ2) is 8.46. The third kappa shape index (κ3) is 4.47. The largest absolute Gasteiger partial charge is 0.496 e. The summed E-state index contributed by atoms with van der Waals surface area (Å²) in [6.45, 7) is 0.889. The molecule has 0 aliphatic carbocycles. The van der Waals surface area contributed by atoms with E-state index in [9.17, 15) is 9.59 Å². The molecule has 2 amide bonds. The summed E-state index contributed by atoms with van der Waals surface area (Å²) in [5, 5.41) is 0. The van der Waals surface area contributed by atoms with E-state index in [1.54, 1.807) is 49.2 Å². The Balaban J connectivity index is 1.86. The fourth-order valence-electron chi connectivity index (χ4n) is 3.38. The van der Waals surface area contributed by atoms with E-state index in [1.165, 1.54) is 0 Å². The van der Waals surface area contributed by atoms with Gasteiger partial charge in [0.1, 0.15) is 17.4 Å². The standard InChI is InChI=1S/C21H27N5O3/c1-24(2)19-11-16(14-10-20(27)25(3)12-14)22-18(23-19)13-26(4)21(28)15-8-6-7-9-17(15)29-5/h6-9,11,14H,10,12-13H2,1-5H3/t14-/m0/s1. The highest BCUT2D eigenvalue weighted by molar-refractivity contribution is 5.96. The Bertz CT molecular complexity index is 915. The molecule has 1 aliphatic rings. The van der Waals surface area contributed by atoms with E-state index in [2.05, 4.69) is 9.97 Å². The molecule has 2 heterocycles. The third-order valence-corrected chi connectivity index (χ3v) is 5.06. The van der Waals surface area contributed by atoms with Crippen molar-refractivity contribution in [2.75, 3.05) is 46.7 Å². The summed E-state index contributed by atoms with van der Waals surface area (Å²) < 4.78 is 5.30. The minimum absolute atomic E-state index is 0.0307. The van der Waals surface area contributed by atoms with Gasteiger partial charge in [-0.15, -0.1) is 0 Å². The molecule has 0 saturated carbocycles. The molecule has 0 radical (unpaired) electrons. The highest BCUT2D eigenvalue weighted by Gasteiger charge is 2.30. The molecule has 1 atom stereocenters. The lowest BCUT2D eigenvalue weighted by Crippen LogP contribution is -2.28. The zero-order chi connectivity index (χ0) is 21.1. The van der Waals surface area contributed by atoms with Gasteiger partial charge in [0.15, 0.2) is 0 Å². The number of likely N-dealkylation sites (N-methyl/N-ethyl adjacent to an activating group) is 1. The molecule has 0 N–H and O–H groups in total. The summed E-state index contributed by atoms with van der Waals surface area (Å²) in [6, 6.07) is 9.04. The first kappa shape index (κ1) is 20.6. The number of para-hydroxylation sites is 1. The zero-order valence-corrected chi connectivity index (χ0v) is 17.5. The number of hydrogen-bond acceptors (Lipinski definition) is 6. The molecular weight excluding hydrogens is 370 g/mol. The number of nitrogens with zero attached hydrogens (tertiary/aromatic N) is 5. The summed E-state index contributed by atoms with van der Waals surface area (Å²) in [6.07, 6.45) is 0.440. The van der Waals surface area contributed by atoms with Crippen molar-refractivity contribution >= 4 is 17.6 Å².